The van der Waals surface area contributed by atoms with Gasteiger partial charge in [0, 0.05) is 5.02 Å². The monoisotopic (exact) mass is 268 g/mol. The molecule has 2 aliphatic heterocycles. The summed E-state index contributed by atoms with van der Waals surface area (Å²) >= 11 is 6.00. The molecule has 18 heavy (non-hydrogen) atoms. The highest BCUT2D eigenvalue weighted by Crippen LogP contribution is 2.52. The van der Waals surface area contributed by atoms with Gasteiger partial charge in [-0.15, -0.1) is 0 Å². The van der Waals surface area contributed by atoms with Crippen LogP contribution in [0.15, 0.2) is 24.3 Å². The maximum atomic E-state index is 11.6. The lowest BCUT2D eigenvalue weighted by molar-refractivity contribution is -0.236. The Bertz CT molecular complexity index is 492. The number of hydrogen-bond acceptors (Lipinski definition) is 3. The molecule has 96 valence electrons. The van der Waals surface area contributed by atoms with Crippen LogP contribution in [-0.4, -0.2) is 37.5 Å². The van der Waals surface area contributed by atoms with E-state index in [0.717, 1.165) is 5.56 Å². The van der Waals surface area contributed by atoms with Crippen molar-refractivity contribution in [3.8, 4) is 0 Å². The molecule has 2 aliphatic rings. The Morgan fingerprint density at radius 2 is 1.89 bits per heavy atom. The van der Waals surface area contributed by atoms with Crippen LogP contribution in [0.2, 0.25) is 5.02 Å². The Balaban J connectivity index is 2.07. The number of carboxylic acid groups (broad SMARTS) is 1. The minimum absolute atomic E-state index is 0.234. The predicted octanol–water partition coefficient (Wildman–Crippen LogP) is 1.71. The molecule has 5 heteroatoms. The summed E-state index contributed by atoms with van der Waals surface area (Å²) in [4.78, 5) is 11.6. The summed E-state index contributed by atoms with van der Waals surface area (Å²) in [6.07, 6.45) is 0. The fourth-order valence-electron chi connectivity index (χ4n) is 2.72. The molecule has 0 aromatic heterocycles. The molecule has 4 nitrogen and oxygen atoms in total. The quantitative estimate of drug-likeness (QED) is 0.907. The van der Waals surface area contributed by atoms with Gasteiger partial charge in [-0.25, -0.2) is 0 Å². The molecule has 0 saturated carbocycles. The molecule has 1 N–H and O–H groups in total. The van der Waals surface area contributed by atoms with E-state index in [-0.39, 0.29) is 13.2 Å². The highest BCUT2D eigenvalue weighted by molar-refractivity contribution is 6.30. The van der Waals surface area contributed by atoms with Gasteiger partial charge in [0.05, 0.1) is 31.8 Å². The van der Waals surface area contributed by atoms with E-state index in [1.165, 1.54) is 0 Å². The summed E-state index contributed by atoms with van der Waals surface area (Å²) in [5, 5.41) is 10.2. The Morgan fingerprint density at radius 3 is 2.28 bits per heavy atom. The second kappa shape index (κ2) is 3.95. The summed E-state index contributed by atoms with van der Waals surface area (Å²) in [7, 11) is 0. The van der Waals surface area contributed by atoms with Gasteiger partial charge in [-0.3, -0.25) is 4.79 Å². The van der Waals surface area contributed by atoms with Crippen molar-refractivity contribution in [3.63, 3.8) is 0 Å². The Kier molecular flexibility index (Phi) is 2.62. The minimum Gasteiger partial charge on any atom is -0.481 e. The zero-order valence-corrected chi connectivity index (χ0v) is 10.4. The number of carboxylic acids is 1. The average Bonchev–Trinajstić information content (AvgIpc) is 2.19. The highest BCUT2D eigenvalue weighted by Gasteiger charge is 2.65. The number of hydrogen-bond donors (Lipinski definition) is 1. The van der Waals surface area contributed by atoms with Crippen LogP contribution in [0, 0.1) is 5.41 Å². The third-order valence-corrected chi connectivity index (χ3v) is 4.33. The number of halogens is 1. The first kappa shape index (κ1) is 12.0. The molecule has 1 aromatic carbocycles. The third-order valence-electron chi connectivity index (χ3n) is 4.10. The molecule has 0 bridgehead atoms. The van der Waals surface area contributed by atoms with Crippen LogP contribution >= 0.6 is 11.6 Å². The minimum atomic E-state index is -0.879. The Hall–Kier alpha value is -1.10. The van der Waals surface area contributed by atoms with Crippen molar-refractivity contribution in [3.05, 3.63) is 34.9 Å². The van der Waals surface area contributed by atoms with E-state index < -0.39 is 16.8 Å². The van der Waals surface area contributed by atoms with Crippen molar-refractivity contribution in [2.75, 3.05) is 26.4 Å². The van der Waals surface area contributed by atoms with Gasteiger partial charge < -0.3 is 14.6 Å². The van der Waals surface area contributed by atoms with E-state index in [4.69, 9.17) is 21.1 Å². The summed E-state index contributed by atoms with van der Waals surface area (Å²) in [6, 6.07) is 7.36. The van der Waals surface area contributed by atoms with Gasteiger partial charge in [0.15, 0.2) is 0 Å². The maximum Gasteiger partial charge on any atom is 0.315 e. The summed E-state index contributed by atoms with van der Waals surface area (Å²) in [5.74, 6) is -0.822. The molecule has 0 radical (unpaired) electrons. The zero-order valence-electron chi connectivity index (χ0n) is 9.69. The third kappa shape index (κ3) is 1.37. The lowest BCUT2D eigenvalue weighted by Crippen LogP contribution is -2.69. The normalized spacial score (nSPS) is 23.8. The van der Waals surface area contributed by atoms with Crippen LogP contribution in [0.5, 0.6) is 0 Å². The fourth-order valence-corrected chi connectivity index (χ4v) is 2.91. The van der Waals surface area contributed by atoms with Gasteiger partial charge in [0.25, 0.3) is 0 Å². The molecule has 2 heterocycles. The first-order valence-electron chi connectivity index (χ1n) is 5.76. The zero-order chi connectivity index (χ0) is 12.8. The average molecular weight is 269 g/mol. The summed E-state index contributed by atoms with van der Waals surface area (Å²) in [5.41, 5.74) is -0.468. The van der Waals surface area contributed by atoms with Gasteiger partial charge in [0.1, 0.15) is 5.41 Å². The molecule has 2 saturated heterocycles. The number of benzene rings is 1. The topological polar surface area (TPSA) is 55.8 Å². The fraction of sp³-hybridized carbons (Fsp3) is 0.462. The number of carbonyl (C=O) groups is 1. The smallest absolute Gasteiger partial charge is 0.315 e. The van der Waals surface area contributed by atoms with Crippen LogP contribution in [-0.2, 0) is 19.7 Å². The molecule has 0 atom stereocenters. The van der Waals surface area contributed by atoms with Gasteiger partial charge >= 0.3 is 5.97 Å². The van der Waals surface area contributed by atoms with Crippen molar-refractivity contribution >= 4 is 17.6 Å². The van der Waals surface area contributed by atoms with Crippen LogP contribution < -0.4 is 0 Å². The summed E-state index contributed by atoms with van der Waals surface area (Å²) in [6.45, 7) is 1.28. The van der Waals surface area contributed by atoms with E-state index in [1.54, 1.807) is 6.07 Å². The molecule has 0 unspecified atom stereocenters. The number of ether oxygens (including phenoxy) is 2. The van der Waals surface area contributed by atoms with E-state index in [1.807, 2.05) is 18.2 Å². The molecule has 2 fully saturated rings. The molecule has 0 aliphatic carbocycles. The standard InChI is InChI=1S/C13H13ClO4/c14-10-3-1-2-9(4-10)12(5-17-6-12)13(11(15)16)7-18-8-13/h1-4H,5-8H2,(H,15,16). The van der Waals surface area contributed by atoms with Crippen LogP contribution in [0.4, 0.5) is 0 Å². The second-order valence-electron chi connectivity index (χ2n) is 4.97. The lowest BCUT2D eigenvalue weighted by Gasteiger charge is -2.56. The second-order valence-corrected chi connectivity index (χ2v) is 5.40. The van der Waals surface area contributed by atoms with Gasteiger partial charge in [-0.2, -0.15) is 0 Å². The van der Waals surface area contributed by atoms with Crippen LogP contribution in [0.3, 0.4) is 0 Å². The van der Waals surface area contributed by atoms with Crippen molar-refractivity contribution in [1.29, 1.82) is 0 Å². The predicted molar refractivity (Wildman–Crippen MR) is 64.8 cm³/mol. The van der Waals surface area contributed by atoms with Crippen LogP contribution in [0.25, 0.3) is 0 Å². The van der Waals surface area contributed by atoms with Crippen molar-refractivity contribution in [1.82, 2.24) is 0 Å². The first-order valence-corrected chi connectivity index (χ1v) is 6.13. The maximum absolute atomic E-state index is 11.6. The Morgan fingerprint density at radius 1 is 1.22 bits per heavy atom. The van der Waals surface area contributed by atoms with E-state index in [0.29, 0.717) is 18.2 Å². The molecular formula is C13H13ClO4. The van der Waals surface area contributed by atoms with Crippen molar-refractivity contribution in [2.24, 2.45) is 5.41 Å². The SMILES string of the molecule is O=C(O)C1(C2(c3cccc(Cl)c3)COC2)COC1. The lowest BCUT2D eigenvalue weighted by atomic mass is 9.57. The highest BCUT2D eigenvalue weighted by atomic mass is 35.5. The summed E-state index contributed by atoms with van der Waals surface area (Å²) < 4.78 is 10.5. The first-order chi connectivity index (χ1) is 8.61. The number of rotatable bonds is 3. The van der Waals surface area contributed by atoms with E-state index in [2.05, 4.69) is 0 Å². The Labute approximate surface area is 109 Å². The van der Waals surface area contributed by atoms with Gasteiger partial charge in [-0.1, -0.05) is 23.7 Å². The van der Waals surface area contributed by atoms with Crippen molar-refractivity contribution < 1.29 is 19.4 Å². The van der Waals surface area contributed by atoms with Gasteiger partial charge in [0.2, 0.25) is 0 Å². The van der Waals surface area contributed by atoms with E-state index in [9.17, 15) is 9.90 Å². The molecule has 3 rings (SSSR count). The molecule has 0 spiro atoms. The van der Waals surface area contributed by atoms with E-state index >= 15 is 0 Å². The van der Waals surface area contributed by atoms with Gasteiger partial charge in [-0.05, 0) is 17.7 Å². The molecule has 0 amide bonds. The van der Waals surface area contributed by atoms with Crippen LogP contribution in [0.1, 0.15) is 5.56 Å². The molecular weight excluding hydrogens is 256 g/mol. The molecule has 1 aromatic rings. The van der Waals surface area contributed by atoms with Crippen molar-refractivity contribution in [2.45, 2.75) is 5.41 Å². The largest absolute Gasteiger partial charge is 0.481 e. The number of aliphatic carboxylic acids is 1.